The molecule has 3 heterocycles. The van der Waals surface area contributed by atoms with Crippen molar-refractivity contribution in [3.63, 3.8) is 0 Å². The largest absolute Gasteiger partial charge is 0.489 e. The minimum absolute atomic E-state index is 0.0505. The molecule has 0 unspecified atom stereocenters. The Hall–Kier alpha value is -2.19. The van der Waals surface area contributed by atoms with Gasteiger partial charge in [0.1, 0.15) is 24.6 Å². The topological polar surface area (TPSA) is 76.0 Å². The first kappa shape index (κ1) is 17.9. The van der Waals surface area contributed by atoms with Crippen molar-refractivity contribution in [1.82, 2.24) is 0 Å². The maximum Gasteiger partial charge on any atom is 0.343 e. The fourth-order valence-electron chi connectivity index (χ4n) is 3.90. The van der Waals surface area contributed by atoms with Gasteiger partial charge in [0.2, 0.25) is 0 Å². The summed E-state index contributed by atoms with van der Waals surface area (Å²) in [6, 6.07) is 12.0. The van der Waals surface area contributed by atoms with Crippen LogP contribution in [0, 0.1) is 0 Å². The third-order valence-corrected chi connectivity index (χ3v) is 7.11. The van der Waals surface area contributed by atoms with E-state index in [1.54, 1.807) is 22.7 Å². The molecule has 1 fully saturated rings. The number of ether oxygens (including phenoxy) is 2. The fraction of sp³-hybridized carbons (Fsp3) is 0.286. The van der Waals surface area contributed by atoms with Crippen LogP contribution in [-0.2, 0) is 27.3 Å². The zero-order chi connectivity index (χ0) is 19.3. The minimum Gasteiger partial charge on any atom is -0.489 e. The van der Waals surface area contributed by atoms with Gasteiger partial charge in [0.25, 0.3) is 0 Å². The summed E-state index contributed by atoms with van der Waals surface area (Å²) in [7, 11) is 0. The summed E-state index contributed by atoms with van der Waals surface area (Å²) in [6.45, 7) is 0.272. The van der Waals surface area contributed by atoms with Crippen molar-refractivity contribution in [2.75, 3.05) is 0 Å². The number of hydrogen-bond donors (Lipinski definition) is 2. The number of aliphatic hydroxyl groups excluding tert-OH is 1. The molecule has 0 amide bonds. The summed E-state index contributed by atoms with van der Waals surface area (Å²) < 4.78 is 12.4. The number of thiophene rings is 2. The van der Waals surface area contributed by atoms with E-state index < -0.39 is 23.8 Å². The standard InChI is InChI=1S/C21H18O5S2/c22-18-16-10-21(24,20(23)26-16)15(19(18)25-11-14-2-1-6-27-14)9-12-3-4-17-13(8-12)5-7-28-17/h1-8,16,18,22,24H,9-11H2/t16-,18+,21-/m1/s1. The zero-order valence-corrected chi connectivity index (χ0v) is 16.5. The second-order valence-electron chi connectivity index (χ2n) is 7.13. The molecule has 2 N–H and O–H groups in total. The maximum absolute atomic E-state index is 12.4. The summed E-state index contributed by atoms with van der Waals surface area (Å²) in [4.78, 5) is 13.4. The van der Waals surface area contributed by atoms with E-state index in [2.05, 4.69) is 0 Å². The number of aliphatic hydroxyl groups is 2. The van der Waals surface area contributed by atoms with Gasteiger partial charge in [0.15, 0.2) is 5.60 Å². The van der Waals surface area contributed by atoms with Crippen LogP contribution in [0.1, 0.15) is 16.9 Å². The predicted octanol–water partition coefficient (Wildman–Crippen LogP) is 3.40. The number of rotatable bonds is 5. The molecule has 3 atom stereocenters. The Bertz CT molecular complexity index is 1070. The van der Waals surface area contributed by atoms with E-state index in [4.69, 9.17) is 9.47 Å². The molecule has 2 bridgehead atoms. The van der Waals surface area contributed by atoms with Crippen molar-refractivity contribution >= 4 is 38.7 Å². The summed E-state index contributed by atoms with van der Waals surface area (Å²) in [5.74, 6) is -0.457. The SMILES string of the molecule is O=C1O[C@@H]2C[C@@]1(O)C(Cc1ccc3sccc3c1)=C(OCc1cccs1)[C@H]2O. The molecule has 0 spiro atoms. The van der Waals surface area contributed by atoms with E-state index >= 15 is 0 Å². The van der Waals surface area contributed by atoms with Crippen molar-refractivity contribution in [3.05, 3.63) is 68.9 Å². The van der Waals surface area contributed by atoms with Gasteiger partial charge in [0, 0.05) is 28.0 Å². The predicted molar refractivity (Wildman–Crippen MR) is 107 cm³/mol. The number of hydrogen-bond acceptors (Lipinski definition) is 7. The van der Waals surface area contributed by atoms with Crippen molar-refractivity contribution < 1.29 is 24.5 Å². The molecule has 5 nitrogen and oxygen atoms in total. The summed E-state index contributed by atoms with van der Waals surface area (Å²) >= 11 is 3.21. The molecular weight excluding hydrogens is 396 g/mol. The summed E-state index contributed by atoms with van der Waals surface area (Å²) in [5, 5.41) is 26.9. The lowest BCUT2D eigenvalue weighted by atomic mass is 9.79. The Labute approximate surface area is 169 Å². The quantitative estimate of drug-likeness (QED) is 0.626. The number of esters is 1. The van der Waals surface area contributed by atoms with E-state index in [9.17, 15) is 15.0 Å². The van der Waals surface area contributed by atoms with E-state index in [0.717, 1.165) is 15.8 Å². The second kappa shape index (κ2) is 6.70. The van der Waals surface area contributed by atoms with Gasteiger partial charge in [-0.25, -0.2) is 4.79 Å². The van der Waals surface area contributed by atoms with Crippen LogP contribution < -0.4 is 0 Å². The van der Waals surface area contributed by atoms with Crippen LogP contribution >= 0.6 is 22.7 Å². The highest BCUT2D eigenvalue weighted by Crippen LogP contribution is 2.44. The Morgan fingerprint density at radius 2 is 2.11 bits per heavy atom. The third kappa shape index (κ3) is 2.86. The normalized spacial score (nSPS) is 26.7. The summed E-state index contributed by atoms with van der Waals surface area (Å²) in [5.41, 5.74) is -0.417. The molecule has 0 saturated carbocycles. The first-order chi connectivity index (χ1) is 13.5. The maximum atomic E-state index is 12.4. The van der Waals surface area contributed by atoms with Crippen LogP contribution in [0.4, 0.5) is 0 Å². The second-order valence-corrected chi connectivity index (χ2v) is 9.11. The van der Waals surface area contributed by atoms with Gasteiger partial charge >= 0.3 is 5.97 Å². The highest BCUT2D eigenvalue weighted by molar-refractivity contribution is 7.17. The van der Waals surface area contributed by atoms with Gasteiger partial charge in [-0.1, -0.05) is 12.1 Å². The van der Waals surface area contributed by atoms with Gasteiger partial charge in [0.05, 0.1) is 0 Å². The number of benzene rings is 1. The van der Waals surface area contributed by atoms with Crippen LogP contribution in [-0.4, -0.2) is 34.0 Å². The first-order valence-corrected chi connectivity index (χ1v) is 10.8. The van der Waals surface area contributed by atoms with E-state index in [1.165, 1.54) is 4.70 Å². The molecule has 3 aromatic rings. The van der Waals surface area contributed by atoms with Gasteiger partial charge in [-0.3, -0.25) is 0 Å². The van der Waals surface area contributed by atoms with Crippen molar-refractivity contribution in [3.8, 4) is 0 Å². The molecule has 5 rings (SSSR count). The molecule has 2 aromatic heterocycles. The third-order valence-electron chi connectivity index (χ3n) is 5.36. The Kier molecular flexibility index (Phi) is 4.28. The van der Waals surface area contributed by atoms with Crippen LogP contribution in [0.5, 0.6) is 0 Å². The molecule has 1 aliphatic heterocycles. The lowest BCUT2D eigenvalue weighted by Crippen LogP contribution is -2.44. The Morgan fingerprint density at radius 3 is 2.93 bits per heavy atom. The minimum atomic E-state index is -1.75. The van der Waals surface area contributed by atoms with Crippen molar-refractivity contribution in [2.45, 2.75) is 37.3 Å². The molecule has 144 valence electrons. The molecule has 1 aromatic carbocycles. The number of carbonyl (C=O) groups is 1. The smallest absolute Gasteiger partial charge is 0.343 e. The molecular formula is C21H18O5S2. The fourth-order valence-corrected chi connectivity index (χ4v) is 5.29. The monoisotopic (exact) mass is 414 g/mol. The Balaban J connectivity index is 1.54. The van der Waals surface area contributed by atoms with E-state index in [-0.39, 0.29) is 18.8 Å². The lowest BCUT2D eigenvalue weighted by Gasteiger charge is -2.32. The molecule has 2 aliphatic rings. The van der Waals surface area contributed by atoms with Gasteiger partial charge in [-0.05, 0) is 46.0 Å². The van der Waals surface area contributed by atoms with Gasteiger partial charge < -0.3 is 19.7 Å². The molecule has 1 aliphatic carbocycles. The van der Waals surface area contributed by atoms with Crippen LogP contribution in [0.2, 0.25) is 0 Å². The van der Waals surface area contributed by atoms with Crippen LogP contribution in [0.25, 0.3) is 10.1 Å². The van der Waals surface area contributed by atoms with Crippen LogP contribution in [0.15, 0.2) is 58.5 Å². The number of carbonyl (C=O) groups excluding carboxylic acids is 1. The molecule has 28 heavy (non-hydrogen) atoms. The van der Waals surface area contributed by atoms with Gasteiger partial charge in [-0.15, -0.1) is 22.7 Å². The average molecular weight is 415 g/mol. The molecule has 1 saturated heterocycles. The lowest BCUT2D eigenvalue weighted by molar-refractivity contribution is -0.153. The molecule has 7 heteroatoms. The average Bonchev–Trinajstić information content (AvgIpc) is 3.40. The highest BCUT2D eigenvalue weighted by atomic mass is 32.1. The van der Waals surface area contributed by atoms with E-state index in [1.807, 2.05) is 47.2 Å². The molecule has 0 radical (unpaired) electrons. The summed E-state index contributed by atoms with van der Waals surface area (Å²) in [6.07, 6.45) is -1.50. The van der Waals surface area contributed by atoms with Crippen molar-refractivity contribution in [2.24, 2.45) is 0 Å². The Morgan fingerprint density at radius 1 is 1.21 bits per heavy atom. The van der Waals surface area contributed by atoms with Crippen LogP contribution in [0.3, 0.4) is 0 Å². The zero-order valence-electron chi connectivity index (χ0n) is 14.8. The van der Waals surface area contributed by atoms with Crippen molar-refractivity contribution in [1.29, 1.82) is 0 Å². The van der Waals surface area contributed by atoms with E-state index in [0.29, 0.717) is 12.0 Å². The highest BCUT2D eigenvalue weighted by Gasteiger charge is 2.58. The first-order valence-electron chi connectivity index (χ1n) is 9.01. The van der Waals surface area contributed by atoms with Gasteiger partial charge in [-0.2, -0.15) is 0 Å². The number of fused-ring (bicyclic) bond motifs is 3.